The van der Waals surface area contributed by atoms with Gasteiger partial charge in [0.15, 0.2) is 0 Å². The number of aliphatic hydroxyl groups excluding tert-OH is 1. The van der Waals surface area contributed by atoms with E-state index in [9.17, 15) is 5.11 Å². The molecule has 1 atom stereocenters. The van der Waals surface area contributed by atoms with Gasteiger partial charge in [0, 0.05) is 17.8 Å². The first-order valence-corrected chi connectivity index (χ1v) is 6.06. The van der Waals surface area contributed by atoms with Crippen molar-refractivity contribution in [1.82, 2.24) is 0 Å². The van der Waals surface area contributed by atoms with Crippen LogP contribution >= 0.6 is 0 Å². The lowest BCUT2D eigenvalue weighted by Gasteiger charge is -2.33. The molecule has 2 heteroatoms. The average Bonchev–Trinajstić information content (AvgIpc) is 2.58. The summed E-state index contributed by atoms with van der Waals surface area (Å²) in [5.41, 5.74) is 2.53. The van der Waals surface area contributed by atoms with Crippen molar-refractivity contribution < 1.29 is 5.11 Å². The Labute approximate surface area is 97.9 Å². The number of hydrogen-bond donors (Lipinski definition) is 1. The standard InChI is InChI=1S/C14H21NO/c1-11(16)12-5-7-13(8-6-12)15-10-4-9-14(15,2)3/h5-8,11,16H,4,9-10H2,1-3H3. The maximum Gasteiger partial charge on any atom is 0.0761 e. The van der Waals surface area contributed by atoms with Crippen molar-refractivity contribution in [2.24, 2.45) is 0 Å². The van der Waals surface area contributed by atoms with Crippen LogP contribution in [0.4, 0.5) is 5.69 Å². The summed E-state index contributed by atoms with van der Waals surface area (Å²) >= 11 is 0. The number of nitrogens with zero attached hydrogens (tertiary/aromatic N) is 1. The van der Waals surface area contributed by atoms with Gasteiger partial charge in [0.25, 0.3) is 0 Å². The summed E-state index contributed by atoms with van der Waals surface area (Å²) in [5.74, 6) is 0. The van der Waals surface area contributed by atoms with Gasteiger partial charge < -0.3 is 10.0 Å². The van der Waals surface area contributed by atoms with E-state index in [1.807, 2.05) is 12.1 Å². The fraction of sp³-hybridized carbons (Fsp3) is 0.571. The van der Waals surface area contributed by atoms with Crippen LogP contribution in [0.25, 0.3) is 0 Å². The summed E-state index contributed by atoms with van der Waals surface area (Å²) in [4.78, 5) is 2.46. The third kappa shape index (κ3) is 2.07. The van der Waals surface area contributed by atoms with Crippen molar-refractivity contribution in [3.05, 3.63) is 29.8 Å². The highest BCUT2D eigenvalue weighted by Crippen LogP contribution is 2.33. The normalized spacial score (nSPS) is 21.1. The minimum absolute atomic E-state index is 0.270. The fourth-order valence-corrected chi connectivity index (χ4v) is 2.52. The van der Waals surface area contributed by atoms with E-state index >= 15 is 0 Å². The SMILES string of the molecule is CC(O)c1ccc(N2CCCC2(C)C)cc1. The van der Waals surface area contributed by atoms with Crippen LogP contribution in [-0.2, 0) is 0 Å². The predicted octanol–water partition coefficient (Wildman–Crippen LogP) is 3.12. The molecule has 88 valence electrons. The molecule has 0 aromatic heterocycles. The van der Waals surface area contributed by atoms with E-state index in [-0.39, 0.29) is 11.6 Å². The van der Waals surface area contributed by atoms with Gasteiger partial charge >= 0.3 is 0 Å². The lowest BCUT2D eigenvalue weighted by Crippen LogP contribution is -2.38. The quantitative estimate of drug-likeness (QED) is 0.826. The van der Waals surface area contributed by atoms with Crippen LogP contribution in [0.2, 0.25) is 0 Å². The average molecular weight is 219 g/mol. The summed E-state index contributed by atoms with van der Waals surface area (Å²) in [7, 11) is 0. The van der Waals surface area contributed by atoms with Crippen LogP contribution in [0.1, 0.15) is 45.3 Å². The van der Waals surface area contributed by atoms with Crippen LogP contribution in [0.15, 0.2) is 24.3 Å². The van der Waals surface area contributed by atoms with Crippen molar-refractivity contribution in [2.75, 3.05) is 11.4 Å². The molecular weight excluding hydrogens is 198 g/mol. The number of anilines is 1. The summed E-state index contributed by atoms with van der Waals surface area (Å²) < 4.78 is 0. The second-order valence-electron chi connectivity index (χ2n) is 5.34. The number of benzene rings is 1. The molecule has 1 N–H and O–H groups in total. The highest BCUT2D eigenvalue weighted by Gasteiger charge is 2.31. The van der Waals surface area contributed by atoms with Crippen molar-refractivity contribution in [3.8, 4) is 0 Å². The highest BCUT2D eigenvalue weighted by molar-refractivity contribution is 5.51. The Morgan fingerprint density at radius 1 is 1.25 bits per heavy atom. The van der Waals surface area contributed by atoms with Crippen molar-refractivity contribution in [2.45, 2.75) is 45.3 Å². The molecule has 0 amide bonds. The van der Waals surface area contributed by atoms with Gasteiger partial charge in [-0.05, 0) is 51.3 Å². The summed E-state index contributed by atoms with van der Waals surface area (Å²) in [6.45, 7) is 7.53. The molecule has 0 saturated carbocycles. The van der Waals surface area contributed by atoms with Gasteiger partial charge in [-0.3, -0.25) is 0 Å². The van der Waals surface area contributed by atoms with E-state index < -0.39 is 0 Å². The van der Waals surface area contributed by atoms with Gasteiger partial charge in [-0.15, -0.1) is 0 Å². The van der Waals surface area contributed by atoms with Gasteiger partial charge in [0.1, 0.15) is 0 Å². The lowest BCUT2D eigenvalue weighted by molar-refractivity contribution is 0.199. The van der Waals surface area contributed by atoms with Gasteiger partial charge in [-0.1, -0.05) is 12.1 Å². The minimum atomic E-state index is -0.374. The summed E-state index contributed by atoms with van der Waals surface area (Å²) in [6.07, 6.45) is 2.15. The van der Waals surface area contributed by atoms with Crippen LogP contribution in [0, 0.1) is 0 Å². The molecule has 16 heavy (non-hydrogen) atoms. The molecule has 0 spiro atoms. The Morgan fingerprint density at radius 3 is 2.31 bits per heavy atom. The molecule has 1 aliphatic rings. The Kier molecular flexibility index (Phi) is 2.94. The van der Waals surface area contributed by atoms with Gasteiger partial charge in [0.2, 0.25) is 0 Å². The molecule has 1 aliphatic heterocycles. The molecule has 0 radical (unpaired) electrons. The van der Waals surface area contributed by atoms with E-state index in [1.165, 1.54) is 18.5 Å². The largest absolute Gasteiger partial charge is 0.389 e. The Hall–Kier alpha value is -1.02. The van der Waals surface area contributed by atoms with Gasteiger partial charge in [-0.25, -0.2) is 0 Å². The molecule has 1 aromatic rings. The van der Waals surface area contributed by atoms with E-state index in [4.69, 9.17) is 0 Å². The smallest absolute Gasteiger partial charge is 0.0761 e. The highest BCUT2D eigenvalue weighted by atomic mass is 16.3. The molecule has 1 unspecified atom stereocenters. The summed E-state index contributed by atoms with van der Waals surface area (Å²) in [5, 5.41) is 9.47. The lowest BCUT2D eigenvalue weighted by atomic mass is 10.0. The van der Waals surface area contributed by atoms with Crippen molar-refractivity contribution in [3.63, 3.8) is 0 Å². The third-order valence-corrected chi connectivity index (χ3v) is 3.59. The maximum atomic E-state index is 9.47. The van der Waals surface area contributed by atoms with E-state index in [1.54, 1.807) is 6.92 Å². The molecule has 2 rings (SSSR count). The number of hydrogen-bond acceptors (Lipinski definition) is 2. The molecule has 0 bridgehead atoms. The van der Waals surface area contributed by atoms with E-state index in [0.29, 0.717) is 0 Å². The van der Waals surface area contributed by atoms with Gasteiger partial charge in [-0.2, -0.15) is 0 Å². The first-order valence-electron chi connectivity index (χ1n) is 6.06. The van der Waals surface area contributed by atoms with Crippen LogP contribution in [0.5, 0.6) is 0 Å². The zero-order valence-corrected chi connectivity index (χ0v) is 10.4. The molecule has 1 saturated heterocycles. The fourth-order valence-electron chi connectivity index (χ4n) is 2.52. The predicted molar refractivity (Wildman–Crippen MR) is 67.7 cm³/mol. The van der Waals surface area contributed by atoms with Gasteiger partial charge in [0.05, 0.1) is 6.10 Å². The molecule has 2 nitrogen and oxygen atoms in total. The Bertz CT molecular complexity index is 354. The number of aliphatic hydroxyl groups is 1. The molecular formula is C14H21NO. The Balaban J connectivity index is 2.22. The van der Waals surface area contributed by atoms with E-state index in [2.05, 4.69) is 30.9 Å². The van der Waals surface area contributed by atoms with Crippen LogP contribution < -0.4 is 4.90 Å². The molecule has 1 heterocycles. The van der Waals surface area contributed by atoms with Crippen LogP contribution in [0.3, 0.4) is 0 Å². The van der Waals surface area contributed by atoms with Crippen LogP contribution in [-0.4, -0.2) is 17.2 Å². The van der Waals surface area contributed by atoms with E-state index in [0.717, 1.165) is 12.1 Å². The third-order valence-electron chi connectivity index (χ3n) is 3.59. The maximum absolute atomic E-state index is 9.47. The molecule has 1 fully saturated rings. The molecule has 1 aromatic carbocycles. The first kappa shape index (κ1) is 11.5. The monoisotopic (exact) mass is 219 g/mol. The number of rotatable bonds is 2. The van der Waals surface area contributed by atoms with Crippen molar-refractivity contribution >= 4 is 5.69 Å². The minimum Gasteiger partial charge on any atom is -0.389 e. The first-order chi connectivity index (χ1) is 7.50. The topological polar surface area (TPSA) is 23.5 Å². The summed E-state index contributed by atoms with van der Waals surface area (Å²) in [6, 6.07) is 8.28. The molecule has 0 aliphatic carbocycles. The van der Waals surface area contributed by atoms with Crippen molar-refractivity contribution in [1.29, 1.82) is 0 Å². The second-order valence-corrected chi connectivity index (χ2v) is 5.34. The zero-order valence-electron chi connectivity index (χ0n) is 10.4. The Morgan fingerprint density at radius 2 is 1.88 bits per heavy atom. The zero-order chi connectivity index (χ0) is 11.8. The second kappa shape index (κ2) is 4.10.